The Bertz CT molecular complexity index is 778. The van der Waals surface area contributed by atoms with Crippen LogP contribution in [0.15, 0.2) is 16.5 Å². The van der Waals surface area contributed by atoms with Gasteiger partial charge in [0.2, 0.25) is 11.8 Å². The van der Waals surface area contributed by atoms with Crippen molar-refractivity contribution in [2.45, 2.75) is 95.9 Å². The van der Waals surface area contributed by atoms with Crippen LogP contribution in [-0.2, 0) is 22.7 Å². The van der Waals surface area contributed by atoms with Gasteiger partial charge in [-0.25, -0.2) is 0 Å². The van der Waals surface area contributed by atoms with Crippen LogP contribution in [0.3, 0.4) is 0 Å². The van der Waals surface area contributed by atoms with Crippen molar-refractivity contribution in [2.75, 3.05) is 19.6 Å². The molecular formula is C25H39N3O4. The van der Waals surface area contributed by atoms with E-state index >= 15 is 0 Å². The predicted molar refractivity (Wildman–Crippen MR) is 122 cm³/mol. The fourth-order valence-corrected chi connectivity index (χ4v) is 5.82. The van der Waals surface area contributed by atoms with Gasteiger partial charge in [-0.3, -0.25) is 14.5 Å². The van der Waals surface area contributed by atoms with Crippen LogP contribution < -0.4 is 5.32 Å². The number of carbonyl (C=O) groups is 2. The molecule has 178 valence electrons. The Kier molecular flexibility index (Phi) is 7.56. The molecule has 1 atom stereocenters. The Morgan fingerprint density at radius 2 is 1.84 bits per heavy atom. The third kappa shape index (κ3) is 4.88. The number of likely N-dealkylation sites (tertiary alicyclic amines) is 1. The summed E-state index contributed by atoms with van der Waals surface area (Å²) in [6.07, 6.45) is 10.2. The Balaban J connectivity index is 1.43. The first-order valence-corrected chi connectivity index (χ1v) is 12.6. The van der Waals surface area contributed by atoms with Gasteiger partial charge >= 0.3 is 0 Å². The molecule has 1 spiro atoms. The molecule has 3 fully saturated rings. The molecule has 0 bridgehead atoms. The molecule has 32 heavy (non-hydrogen) atoms. The highest BCUT2D eigenvalue weighted by atomic mass is 16.4. The lowest BCUT2D eigenvalue weighted by atomic mass is 9.79. The molecule has 3 aliphatic rings. The van der Waals surface area contributed by atoms with Gasteiger partial charge in [-0.1, -0.05) is 45.4 Å². The number of hydrogen-bond donors (Lipinski definition) is 2. The Hall–Kier alpha value is -1.86. The lowest BCUT2D eigenvalue weighted by Gasteiger charge is -2.52. The van der Waals surface area contributed by atoms with Crippen LogP contribution >= 0.6 is 0 Å². The van der Waals surface area contributed by atoms with E-state index in [9.17, 15) is 14.7 Å². The Morgan fingerprint density at radius 1 is 1.12 bits per heavy atom. The molecule has 1 aromatic rings. The molecule has 2 aliphatic heterocycles. The number of carbonyl (C=O) groups excluding carboxylic acids is 2. The van der Waals surface area contributed by atoms with Crippen molar-refractivity contribution in [3.8, 4) is 0 Å². The van der Waals surface area contributed by atoms with E-state index in [0.29, 0.717) is 37.6 Å². The maximum atomic E-state index is 13.6. The van der Waals surface area contributed by atoms with Crippen LogP contribution in [0.25, 0.3) is 0 Å². The fraction of sp³-hybridized carbons (Fsp3) is 0.760. The summed E-state index contributed by atoms with van der Waals surface area (Å²) < 4.78 is 5.64. The number of nitrogens with one attached hydrogen (secondary N) is 1. The quantitative estimate of drug-likeness (QED) is 0.642. The standard InChI is InChI=1S/C25H39N3O4/c1-2-3-13-28-23(30)22(16-19-7-5-4-6-8-19)26-24(31)25(28)11-14-27(15-12-25)17-20-9-10-21(18-29)32-20/h9-10,19,22,29H,2-8,11-18H2,1H3,(H,26,31). The molecule has 2 N–H and O–H groups in total. The molecule has 2 saturated heterocycles. The molecule has 1 aliphatic carbocycles. The van der Waals surface area contributed by atoms with Gasteiger partial charge in [0.25, 0.3) is 0 Å². The molecule has 0 radical (unpaired) electrons. The first kappa shape index (κ1) is 23.3. The van der Waals surface area contributed by atoms with Crippen molar-refractivity contribution in [3.63, 3.8) is 0 Å². The number of piperidine rings is 1. The molecular weight excluding hydrogens is 406 g/mol. The third-order valence-electron chi connectivity index (χ3n) is 7.77. The van der Waals surface area contributed by atoms with Gasteiger partial charge < -0.3 is 19.7 Å². The second-order valence-electron chi connectivity index (χ2n) is 9.94. The topological polar surface area (TPSA) is 86.0 Å². The van der Waals surface area contributed by atoms with Gasteiger partial charge in [-0.2, -0.15) is 0 Å². The van der Waals surface area contributed by atoms with E-state index in [-0.39, 0.29) is 24.5 Å². The van der Waals surface area contributed by atoms with E-state index in [2.05, 4.69) is 17.1 Å². The third-order valence-corrected chi connectivity index (χ3v) is 7.77. The average molecular weight is 446 g/mol. The molecule has 3 heterocycles. The number of nitrogens with zero attached hydrogens (tertiary/aromatic N) is 2. The summed E-state index contributed by atoms with van der Waals surface area (Å²) in [5, 5.41) is 12.4. The average Bonchev–Trinajstić information content (AvgIpc) is 3.27. The first-order chi connectivity index (χ1) is 15.6. The van der Waals surface area contributed by atoms with Gasteiger partial charge in [0.05, 0.1) is 6.54 Å². The van der Waals surface area contributed by atoms with Crippen LogP contribution in [0.5, 0.6) is 0 Å². The Labute approximate surface area is 191 Å². The summed E-state index contributed by atoms with van der Waals surface area (Å²) in [6, 6.07) is 3.34. The van der Waals surface area contributed by atoms with Crippen LogP contribution in [0, 0.1) is 5.92 Å². The summed E-state index contributed by atoms with van der Waals surface area (Å²) in [7, 11) is 0. The number of hydrogen-bond acceptors (Lipinski definition) is 5. The van der Waals surface area contributed by atoms with Gasteiger partial charge in [0.1, 0.15) is 29.7 Å². The molecule has 1 aromatic heterocycles. The maximum Gasteiger partial charge on any atom is 0.246 e. The van der Waals surface area contributed by atoms with E-state index in [4.69, 9.17) is 4.42 Å². The number of aliphatic hydroxyl groups excluding tert-OH is 1. The number of rotatable bonds is 8. The summed E-state index contributed by atoms with van der Waals surface area (Å²) in [5.74, 6) is 2.13. The van der Waals surface area contributed by atoms with E-state index in [1.54, 1.807) is 6.07 Å². The zero-order valence-electron chi connectivity index (χ0n) is 19.5. The minimum absolute atomic E-state index is 0.0502. The van der Waals surface area contributed by atoms with Crippen LogP contribution in [-0.4, -0.2) is 57.9 Å². The maximum absolute atomic E-state index is 13.6. The molecule has 0 aromatic carbocycles. The first-order valence-electron chi connectivity index (χ1n) is 12.6. The smallest absolute Gasteiger partial charge is 0.246 e. The zero-order valence-corrected chi connectivity index (χ0v) is 19.5. The summed E-state index contributed by atoms with van der Waals surface area (Å²) >= 11 is 0. The van der Waals surface area contributed by atoms with E-state index in [1.807, 2.05) is 11.0 Å². The molecule has 1 saturated carbocycles. The second kappa shape index (κ2) is 10.4. The lowest BCUT2D eigenvalue weighted by molar-refractivity contribution is -0.162. The highest BCUT2D eigenvalue weighted by Gasteiger charge is 2.53. The van der Waals surface area contributed by atoms with Gasteiger partial charge in [-0.15, -0.1) is 0 Å². The van der Waals surface area contributed by atoms with E-state index < -0.39 is 5.54 Å². The van der Waals surface area contributed by atoms with Crippen LogP contribution in [0.2, 0.25) is 0 Å². The number of aliphatic hydroxyl groups is 1. The number of unbranched alkanes of at least 4 members (excludes halogenated alkanes) is 1. The van der Waals surface area contributed by atoms with Gasteiger partial charge in [0, 0.05) is 19.6 Å². The van der Waals surface area contributed by atoms with Gasteiger partial charge in [0.15, 0.2) is 0 Å². The van der Waals surface area contributed by atoms with Crippen molar-refractivity contribution in [1.29, 1.82) is 0 Å². The molecule has 2 amide bonds. The lowest BCUT2D eigenvalue weighted by Crippen LogP contribution is -2.73. The second-order valence-corrected chi connectivity index (χ2v) is 9.94. The van der Waals surface area contributed by atoms with Crippen molar-refractivity contribution in [3.05, 3.63) is 23.7 Å². The van der Waals surface area contributed by atoms with Crippen molar-refractivity contribution in [1.82, 2.24) is 15.1 Å². The SMILES string of the molecule is CCCCN1C(=O)C(CC2CCCCC2)NC(=O)C12CCN(Cc1ccc(CO)o1)CC2. The summed E-state index contributed by atoms with van der Waals surface area (Å²) in [4.78, 5) is 31.3. The molecule has 1 unspecified atom stereocenters. The summed E-state index contributed by atoms with van der Waals surface area (Å²) in [5.41, 5.74) is -0.717. The predicted octanol–water partition coefficient (Wildman–Crippen LogP) is 3.20. The minimum Gasteiger partial charge on any atom is -0.462 e. The van der Waals surface area contributed by atoms with E-state index in [1.165, 1.54) is 32.1 Å². The highest BCUT2D eigenvalue weighted by Crippen LogP contribution is 2.36. The fourth-order valence-electron chi connectivity index (χ4n) is 5.82. The van der Waals surface area contributed by atoms with Crippen molar-refractivity contribution in [2.24, 2.45) is 5.92 Å². The Morgan fingerprint density at radius 3 is 2.50 bits per heavy atom. The molecule has 4 rings (SSSR count). The normalized spacial score (nSPS) is 24.8. The molecule has 7 nitrogen and oxygen atoms in total. The monoisotopic (exact) mass is 445 g/mol. The zero-order chi connectivity index (χ0) is 22.6. The van der Waals surface area contributed by atoms with Crippen LogP contribution in [0.4, 0.5) is 0 Å². The summed E-state index contributed by atoms with van der Waals surface area (Å²) in [6.45, 7) is 4.84. The largest absolute Gasteiger partial charge is 0.462 e. The van der Waals surface area contributed by atoms with E-state index in [0.717, 1.165) is 38.1 Å². The number of furan rings is 1. The number of amides is 2. The van der Waals surface area contributed by atoms with Crippen LogP contribution in [0.1, 0.15) is 82.7 Å². The van der Waals surface area contributed by atoms with Crippen molar-refractivity contribution >= 4 is 11.8 Å². The molecule has 7 heteroatoms. The van der Waals surface area contributed by atoms with Gasteiger partial charge in [-0.05, 0) is 43.7 Å². The van der Waals surface area contributed by atoms with Crippen molar-refractivity contribution < 1.29 is 19.1 Å². The highest BCUT2D eigenvalue weighted by molar-refractivity contribution is 6.00. The number of piperazine rings is 1. The minimum atomic E-state index is -0.717.